The van der Waals surface area contributed by atoms with Gasteiger partial charge >= 0.3 is 0 Å². The molecule has 0 bridgehead atoms. The maximum Gasteiger partial charge on any atom is 0.252 e. The smallest absolute Gasteiger partial charge is 0.252 e. The molecule has 0 atom stereocenters. The largest absolute Gasteiger partial charge is 0.361 e. The summed E-state index contributed by atoms with van der Waals surface area (Å²) in [6, 6.07) is 5.78. The van der Waals surface area contributed by atoms with Crippen LogP contribution >= 0.6 is 22.6 Å². The summed E-state index contributed by atoms with van der Waals surface area (Å²) in [5, 5.41) is 6.47. The molecule has 0 aliphatic heterocycles. The van der Waals surface area contributed by atoms with Crippen LogP contribution in [0.3, 0.4) is 0 Å². The van der Waals surface area contributed by atoms with Gasteiger partial charge in [0.2, 0.25) is 0 Å². The zero-order chi connectivity index (χ0) is 13.1. The van der Waals surface area contributed by atoms with E-state index in [1.807, 2.05) is 22.6 Å². The molecule has 6 heteroatoms. The van der Waals surface area contributed by atoms with E-state index in [9.17, 15) is 9.18 Å². The summed E-state index contributed by atoms with van der Waals surface area (Å²) in [5.74, 6) is 0.0683. The molecule has 0 unspecified atom stereocenters. The zero-order valence-corrected chi connectivity index (χ0v) is 11.7. The molecule has 2 aromatic rings. The number of hydrogen-bond acceptors (Lipinski definition) is 3. The molecule has 4 nitrogen and oxygen atoms in total. The molecule has 0 spiro atoms. The van der Waals surface area contributed by atoms with Crippen molar-refractivity contribution in [2.75, 3.05) is 0 Å². The van der Waals surface area contributed by atoms with Crippen LogP contribution in [0.15, 0.2) is 28.8 Å². The predicted octanol–water partition coefficient (Wildman–Crippen LogP) is 2.66. The van der Waals surface area contributed by atoms with Gasteiger partial charge in [-0.15, -0.1) is 0 Å². The van der Waals surface area contributed by atoms with Crippen molar-refractivity contribution in [3.63, 3.8) is 0 Å². The van der Waals surface area contributed by atoms with Gasteiger partial charge in [0, 0.05) is 9.64 Å². The second-order valence-electron chi connectivity index (χ2n) is 3.74. The number of carbonyl (C=O) groups excluding carboxylic acids is 1. The molecule has 1 aromatic heterocycles. The van der Waals surface area contributed by atoms with Crippen LogP contribution in [-0.2, 0) is 6.54 Å². The van der Waals surface area contributed by atoms with E-state index >= 15 is 0 Å². The third kappa shape index (κ3) is 3.06. The summed E-state index contributed by atoms with van der Waals surface area (Å²) < 4.78 is 18.4. The van der Waals surface area contributed by atoms with Gasteiger partial charge in [-0.3, -0.25) is 4.79 Å². The van der Waals surface area contributed by atoms with Crippen molar-refractivity contribution in [1.82, 2.24) is 10.5 Å². The Bertz CT molecular complexity index is 583. The molecule has 0 aliphatic carbocycles. The van der Waals surface area contributed by atoms with Crippen LogP contribution in [-0.4, -0.2) is 11.1 Å². The quantitative estimate of drug-likeness (QED) is 0.857. The van der Waals surface area contributed by atoms with Gasteiger partial charge in [0.15, 0.2) is 0 Å². The number of hydrogen-bond donors (Lipinski definition) is 1. The van der Waals surface area contributed by atoms with Gasteiger partial charge in [-0.25, -0.2) is 4.39 Å². The van der Waals surface area contributed by atoms with Crippen LogP contribution in [0.25, 0.3) is 0 Å². The summed E-state index contributed by atoms with van der Waals surface area (Å²) in [4.78, 5) is 11.9. The molecule has 0 saturated carbocycles. The van der Waals surface area contributed by atoms with E-state index < -0.39 is 0 Å². The second kappa shape index (κ2) is 5.47. The van der Waals surface area contributed by atoms with Gasteiger partial charge in [-0.2, -0.15) is 0 Å². The van der Waals surface area contributed by atoms with E-state index in [2.05, 4.69) is 10.5 Å². The van der Waals surface area contributed by atoms with Crippen molar-refractivity contribution < 1.29 is 13.7 Å². The molecule has 94 valence electrons. The van der Waals surface area contributed by atoms with Gasteiger partial charge in [0.05, 0.1) is 12.1 Å². The fourth-order valence-electron chi connectivity index (χ4n) is 1.44. The van der Waals surface area contributed by atoms with Crippen molar-refractivity contribution >= 4 is 28.5 Å². The average Bonchev–Trinajstić information content (AvgIpc) is 2.72. The van der Waals surface area contributed by atoms with Crippen LogP contribution < -0.4 is 5.32 Å². The maximum absolute atomic E-state index is 12.9. The van der Waals surface area contributed by atoms with E-state index in [0.717, 1.165) is 0 Å². The van der Waals surface area contributed by atoms with Crippen LogP contribution in [0.5, 0.6) is 0 Å². The van der Waals surface area contributed by atoms with Crippen LogP contribution in [0.1, 0.15) is 21.8 Å². The fraction of sp³-hybridized carbons (Fsp3) is 0.167. The van der Waals surface area contributed by atoms with Crippen molar-refractivity contribution in [2.45, 2.75) is 13.5 Å². The van der Waals surface area contributed by atoms with Crippen molar-refractivity contribution in [1.29, 1.82) is 0 Å². The molecule has 0 saturated heterocycles. The standard InChI is InChI=1S/C12H10FIN2O2/c1-7-4-9(16-18-7)6-15-12(17)10-3-2-8(13)5-11(10)14/h2-5H,6H2,1H3,(H,15,17). The summed E-state index contributed by atoms with van der Waals surface area (Å²) in [7, 11) is 0. The molecule has 2 rings (SSSR count). The molecule has 0 fully saturated rings. The SMILES string of the molecule is Cc1cc(CNC(=O)c2ccc(F)cc2I)no1. The first-order chi connectivity index (χ1) is 8.56. The highest BCUT2D eigenvalue weighted by atomic mass is 127. The first-order valence-corrected chi connectivity index (χ1v) is 6.29. The number of benzene rings is 1. The molecular weight excluding hydrogens is 350 g/mol. The van der Waals surface area contributed by atoms with Gasteiger partial charge in [-0.05, 0) is 47.7 Å². The van der Waals surface area contributed by atoms with Gasteiger partial charge < -0.3 is 9.84 Å². The fourth-order valence-corrected chi connectivity index (χ4v) is 2.16. The normalized spacial score (nSPS) is 10.4. The van der Waals surface area contributed by atoms with Crippen LogP contribution in [0, 0.1) is 16.3 Å². The molecular formula is C12H10FIN2O2. The Labute approximate surface area is 117 Å². The molecule has 0 radical (unpaired) electrons. The third-order valence-electron chi connectivity index (χ3n) is 2.28. The highest BCUT2D eigenvalue weighted by molar-refractivity contribution is 14.1. The minimum absolute atomic E-state index is 0.264. The second-order valence-corrected chi connectivity index (χ2v) is 4.90. The first kappa shape index (κ1) is 13.0. The number of aromatic nitrogens is 1. The Morgan fingerprint density at radius 1 is 1.50 bits per heavy atom. The Morgan fingerprint density at radius 2 is 2.28 bits per heavy atom. The van der Waals surface area contributed by atoms with Gasteiger partial charge in [0.25, 0.3) is 5.91 Å². The number of nitrogens with one attached hydrogen (secondary N) is 1. The molecule has 1 N–H and O–H groups in total. The monoisotopic (exact) mass is 360 g/mol. The predicted molar refractivity (Wildman–Crippen MR) is 71.5 cm³/mol. The maximum atomic E-state index is 12.9. The van der Waals surface area contributed by atoms with Crippen molar-refractivity contribution in [2.24, 2.45) is 0 Å². The highest BCUT2D eigenvalue weighted by Gasteiger charge is 2.11. The summed E-state index contributed by atoms with van der Waals surface area (Å²) >= 11 is 1.92. The third-order valence-corrected chi connectivity index (χ3v) is 3.18. The van der Waals surface area contributed by atoms with E-state index in [1.165, 1.54) is 18.2 Å². The first-order valence-electron chi connectivity index (χ1n) is 5.21. The van der Waals surface area contributed by atoms with Crippen LogP contribution in [0.2, 0.25) is 0 Å². The molecule has 1 aromatic carbocycles. The van der Waals surface area contributed by atoms with E-state index in [1.54, 1.807) is 13.0 Å². The number of rotatable bonds is 3. The molecule has 18 heavy (non-hydrogen) atoms. The number of halogens is 2. The zero-order valence-electron chi connectivity index (χ0n) is 9.54. The lowest BCUT2D eigenvalue weighted by atomic mass is 10.2. The van der Waals surface area contributed by atoms with Crippen LogP contribution in [0.4, 0.5) is 4.39 Å². The van der Waals surface area contributed by atoms with Gasteiger partial charge in [-0.1, -0.05) is 5.16 Å². The lowest BCUT2D eigenvalue weighted by molar-refractivity contribution is 0.0949. The van der Waals surface area contributed by atoms with E-state index in [-0.39, 0.29) is 18.3 Å². The highest BCUT2D eigenvalue weighted by Crippen LogP contribution is 2.14. The van der Waals surface area contributed by atoms with Gasteiger partial charge in [0.1, 0.15) is 17.3 Å². The number of nitrogens with zero attached hydrogens (tertiary/aromatic N) is 1. The Hall–Kier alpha value is -1.44. The Kier molecular flexibility index (Phi) is 3.95. The summed E-state index contributed by atoms with van der Waals surface area (Å²) in [5.41, 5.74) is 1.09. The average molecular weight is 360 g/mol. The van der Waals surface area contributed by atoms with Crippen molar-refractivity contribution in [3.05, 3.63) is 50.7 Å². The van der Waals surface area contributed by atoms with E-state index in [4.69, 9.17) is 4.52 Å². The lowest BCUT2D eigenvalue weighted by Crippen LogP contribution is -2.23. The molecule has 1 heterocycles. The number of carbonyl (C=O) groups is 1. The van der Waals surface area contributed by atoms with Crippen molar-refractivity contribution in [3.8, 4) is 0 Å². The molecule has 1 amide bonds. The number of aryl methyl sites for hydroxylation is 1. The summed E-state index contributed by atoms with van der Waals surface area (Å²) in [6.07, 6.45) is 0. The topological polar surface area (TPSA) is 55.1 Å². The Balaban J connectivity index is 2.03. The van der Waals surface area contributed by atoms with E-state index in [0.29, 0.717) is 20.6 Å². The minimum atomic E-state index is -0.358. The lowest BCUT2D eigenvalue weighted by Gasteiger charge is -2.05. The number of amides is 1. The molecule has 0 aliphatic rings. The minimum Gasteiger partial charge on any atom is -0.361 e. The summed E-state index contributed by atoms with van der Waals surface area (Å²) in [6.45, 7) is 2.06. The Morgan fingerprint density at radius 3 is 2.89 bits per heavy atom.